The Balaban J connectivity index is 1.65. The standard InChI is InChI=1S/C25H30ClFN2O2S/c1-18(25(31)28-20-11-6-3-7-12-20)29(15-19-9-4-2-5-10-19)24(30)17-32-16-21-22(26)13-8-14-23(21)27/h2,4-5,8-10,13-14,18,20H,3,6-7,11-12,15-17H2,1H3,(H,28,31)/t18-/m0/s1. The van der Waals surface area contributed by atoms with Crippen molar-refractivity contribution in [1.29, 1.82) is 0 Å². The number of carbonyl (C=O) groups excluding carboxylic acids is 2. The first-order valence-corrected chi connectivity index (χ1v) is 12.6. The second kappa shape index (κ2) is 12.3. The van der Waals surface area contributed by atoms with Gasteiger partial charge >= 0.3 is 0 Å². The molecule has 0 heterocycles. The average molecular weight is 477 g/mol. The molecule has 0 spiro atoms. The molecule has 0 bridgehead atoms. The minimum atomic E-state index is -0.595. The summed E-state index contributed by atoms with van der Waals surface area (Å²) in [6.45, 7) is 2.12. The van der Waals surface area contributed by atoms with Crippen molar-refractivity contribution in [2.75, 3.05) is 5.75 Å². The summed E-state index contributed by atoms with van der Waals surface area (Å²) in [4.78, 5) is 27.7. The van der Waals surface area contributed by atoms with Crippen molar-refractivity contribution in [3.8, 4) is 0 Å². The van der Waals surface area contributed by atoms with Gasteiger partial charge in [-0.3, -0.25) is 9.59 Å². The highest BCUT2D eigenvalue weighted by molar-refractivity contribution is 7.99. The summed E-state index contributed by atoms with van der Waals surface area (Å²) in [6.07, 6.45) is 5.45. The fraction of sp³-hybridized carbons (Fsp3) is 0.440. The summed E-state index contributed by atoms with van der Waals surface area (Å²) in [7, 11) is 0. The van der Waals surface area contributed by atoms with Gasteiger partial charge in [-0.15, -0.1) is 11.8 Å². The predicted molar refractivity (Wildman–Crippen MR) is 129 cm³/mol. The Bertz CT molecular complexity index is 886. The largest absolute Gasteiger partial charge is 0.352 e. The van der Waals surface area contributed by atoms with Crippen LogP contribution in [0.4, 0.5) is 4.39 Å². The van der Waals surface area contributed by atoms with Gasteiger partial charge in [0.1, 0.15) is 11.9 Å². The number of hydrogen-bond acceptors (Lipinski definition) is 3. The smallest absolute Gasteiger partial charge is 0.242 e. The number of carbonyl (C=O) groups is 2. The Morgan fingerprint density at radius 3 is 2.53 bits per heavy atom. The molecular weight excluding hydrogens is 447 g/mol. The lowest BCUT2D eigenvalue weighted by Gasteiger charge is -2.31. The van der Waals surface area contributed by atoms with Crippen LogP contribution < -0.4 is 5.32 Å². The zero-order valence-electron chi connectivity index (χ0n) is 18.4. The van der Waals surface area contributed by atoms with Gasteiger partial charge in [0.2, 0.25) is 11.8 Å². The summed E-state index contributed by atoms with van der Waals surface area (Å²) in [6, 6.07) is 13.8. The van der Waals surface area contributed by atoms with E-state index in [1.165, 1.54) is 24.2 Å². The summed E-state index contributed by atoms with van der Waals surface area (Å²) >= 11 is 7.40. The molecule has 1 aliphatic carbocycles. The topological polar surface area (TPSA) is 49.4 Å². The monoisotopic (exact) mass is 476 g/mol. The molecule has 172 valence electrons. The van der Waals surface area contributed by atoms with Crippen LogP contribution in [0.15, 0.2) is 48.5 Å². The molecule has 2 amide bonds. The van der Waals surface area contributed by atoms with E-state index in [1.807, 2.05) is 30.3 Å². The van der Waals surface area contributed by atoms with E-state index < -0.39 is 6.04 Å². The van der Waals surface area contributed by atoms with Gasteiger partial charge < -0.3 is 10.2 Å². The van der Waals surface area contributed by atoms with Crippen molar-refractivity contribution in [2.24, 2.45) is 0 Å². The van der Waals surface area contributed by atoms with Gasteiger partial charge in [-0.25, -0.2) is 4.39 Å². The van der Waals surface area contributed by atoms with E-state index in [0.29, 0.717) is 22.9 Å². The van der Waals surface area contributed by atoms with Gasteiger partial charge in [0.15, 0.2) is 0 Å². The number of thioether (sulfide) groups is 1. The minimum absolute atomic E-state index is 0.122. The van der Waals surface area contributed by atoms with E-state index in [0.717, 1.165) is 31.2 Å². The third-order valence-corrected chi connectivity index (χ3v) is 7.15. The first-order valence-electron chi connectivity index (χ1n) is 11.1. The lowest BCUT2D eigenvalue weighted by molar-refractivity contribution is -0.139. The summed E-state index contributed by atoms with van der Waals surface area (Å²) in [5.41, 5.74) is 1.35. The molecule has 3 rings (SSSR count). The minimum Gasteiger partial charge on any atom is -0.352 e. The molecule has 7 heteroatoms. The van der Waals surface area contributed by atoms with Crippen LogP contribution in [0.3, 0.4) is 0 Å². The summed E-state index contributed by atoms with van der Waals surface area (Å²) in [5, 5.41) is 3.48. The highest BCUT2D eigenvalue weighted by atomic mass is 35.5. The van der Waals surface area contributed by atoms with Crippen LogP contribution in [0.1, 0.15) is 50.2 Å². The van der Waals surface area contributed by atoms with E-state index in [1.54, 1.807) is 24.0 Å². The maximum Gasteiger partial charge on any atom is 0.242 e. The number of benzene rings is 2. The highest BCUT2D eigenvalue weighted by Crippen LogP contribution is 2.24. The summed E-state index contributed by atoms with van der Waals surface area (Å²) < 4.78 is 14.0. The van der Waals surface area contributed by atoms with Gasteiger partial charge in [-0.2, -0.15) is 0 Å². The zero-order chi connectivity index (χ0) is 22.9. The Labute approximate surface area is 198 Å². The SMILES string of the molecule is C[C@@H](C(=O)NC1CCCCC1)N(Cc1ccccc1)C(=O)CSCc1c(F)cccc1Cl. The molecule has 0 aliphatic heterocycles. The molecule has 1 atom stereocenters. The maximum atomic E-state index is 14.0. The number of hydrogen-bond donors (Lipinski definition) is 1. The van der Waals surface area contributed by atoms with Crippen LogP contribution in [0.25, 0.3) is 0 Å². The summed E-state index contributed by atoms with van der Waals surface area (Å²) in [5.74, 6) is -0.225. The van der Waals surface area contributed by atoms with E-state index in [9.17, 15) is 14.0 Å². The van der Waals surface area contributed by atoms with Crippen LogP contribution in [-0.4, -0.2) is 34.6 Å². The third-order valence-electron chi connectivity index (χ3n) is 5.85. The average Bonchev–Trinajstić information content (AvgIpc) is 2.80. The lowest BCUT2D eigenvalue weighted by atomic mass is 9.95. The molecule has 2 aromatic carbocycles. The molecular formula is C25H30ClFN2O2S. The van der Waals surface area contributed by atoms with Crippen molar-refractivity contribution >= 4 is 35.2 Å². The van der Waals surface area contributed by atoms with E-state index >= 15 is 0 Å². The van der Waals surface area contributed by atoms with Crippen LogP contribution >= 0.6 is 23.4 Å². The molecule has 0 aromatic heterocycles. The van der Waals surface area contributed by atoms with Crippen molar-refractivity contribution in [2.45, 2.75) is 63.4 Å². The number of amides is 2. The van der Waals surface area contributed by atoms with Crippen LogP contribution in [0.2, 0.25) is 5.02 Å². The number of halogens is 2. The Hall–Kier alpha value is -2.05. The normalized spacial score (nSPS) is 15.2. The lowest BCUT2D eigenvalue weighted by Crippen LogP contribution is -2.50. The van der Waals surface area contributed by atoms with E-state index in [2.05, 4.69) is 5.32 Å². The van der Waals surface area contributed by atoms with E-state index in [4.69, 9.17) is 11.6 Å². The van der Waals surface area contributed by atoms with Gasteiger partial charge in [0.25, 0.3) is 0 Å². The Morgan fingerprint density at radius 2 is 1.84 bits per heavy atom. The second-order valence-electron chi connectivity index (χ2n) is 8.22. The zero-order valence-corrected chi connectivity index (χ0v) is 19.9. The first-order chi connectivity index (χ1) is 15.5. The van der Waals surface area contributed by atoms with Gasteiger partial charge in [-0.1, -0.05) is 67.3 Å². The van der Waals surface area contributed by atoms with Crippen LogP contribution in [0.5, 0.6) is 0 Å². The number of rotatable bonds is 9. The fourth-order valence-electron chi connectivity index (χ4n) is 3.93. The van der Waals surface area contributed by atoms with Crippen molar-refractivity contribution in [3.63, 3.8) is 0 Å². The van der Waals surface area contributed by atoms with Gasteiger partial charge in [-0.05, 0) is 37.5 Å². The molecule has 2 aromatic rings. The molecule has 0 radical (unpaired) electrons. The van der Waals surface area contributed by atoms with E-state index in [-0.39, 0.29) is 29.4 Å². The molecule has 0 unspecified atom stereocenters. The quantitative estimate of drug-likeness (QED) is 0.514. The van der Waals surface area contributed by atoms with Crippen molar-refractivity contribution in [3.05, 3.63) is 70.5 Å². The predicted octanol–water partition coefficient (Wildman–Crippen LogP) is 5.58. The number of nitrogens with one attached hydrogen (secondary N) is 1. The third kappa shape index (κ3) is 6.97. The van der Waals surface area contributed by atoms with Crippen molar-refractivity contribution < 1.29 is 14.0 Å². The maximum absolute atomic E-state index is 14.0. The van der Waals surface area contributed by atoms with Gasteiger partial charge in [0.05, 0.1) is 5.75 Å². The van der Waals surface area contributed by atoms with Gasteiger partial charge in [0, 0.05) is 28.9 Å². The molecule has 1 N–H and O–H groups in total. The molecule has 1 aliphatic rings. The molecule has 1 fully saturated rings. The van der Waals surface area contributed by atoms with Crippen LogP contribution in [0, 0.1) is 5.82 Å². The molecule has 0 saturated heterocycles. The molecule has 1 saturated carbocycles. The Morgan fingerprint density at radius 1 is 1.12 bits per heavy atom. The second-order valence-corrected chi connectivity index (χ2v) is 9.61. The number of nitrogens with zero attached hydrogens (tertiary/aromatic N) is 1. The molecule has 4 nitrogen and oxygen atoms in total. The molecule has 32 heavy (non-hydrogen) atoms. The Kier molecular flexibility index (Phi) is 9.42. The van der Waals surface area contributed by atoms with Crippen molar-refractivity contribution in [1.82, 2.24) is 10.2 Å². The van der Waals surface area contributed by atoms with Crippen LogP contribution in [-0.2, 0) is 21.9 Å². The fourth-order valence-corrected chi connectivity index (χ4v) is 5.17. The first kappa shape index (κ1) is 24.6. The highest BCUT2D eigenvalue weighted by Gasteiger charge is 2.28.